The first kappa shape index (κ1) is 16.5. The van der Waals surface area contributed by atoms with Crippen LogP contribution in [0.15, 0.2) is 53.4 Å². The van der Waals surface area contributed by atoms with Gasteiger partial charge in [-0.25, -0.2) is 13.1 Å². The van der Waals surface area contributed by atoms with Crippen molar-refractivity contribution in [2.24, 2.45) is 0 Å². The molecule has 0 heterocycles. The van der Waals surface area contributed by atoms with Crippen molar-refractivity contribution in [1.29, 1.82) is 0 Å². The maximum atomic E-state index is 12.1. The minimum absolute atomic E-state index is 0.281. The van der Waals surface area contributed by atoms with Gasteiger partial charge in [-0.2, -0.15) is 0 Å². The van der Waals surface area contributed by atoms with E-state index < -0.39 is 10.0 Å². The van der Waals surface area contributed by atoms with Gasteiger partial charge in [0, 0.05) is 16.9 Å². The molecule has 0 fully saturated rings. The summed E-state index contributed by atoms with van der Waals surface area (Å²) in [6.45, 7) is 0.351. The van der Waals surface area contributed by atoms with Gasteiger partial charge in [0.1, 0.15) is 0 Å². The molecule has 0 aliphatic heterocycles. The Morgan fingerprint density at radius 1 is 0.952 bits per heavy atom. The van der Waals surface area contributed by atoms with E-state index in [-0.39, 0.29) is 4.90 Å². The van der Waals surface area contributed by atoms with E-state index in [1.54, 1.807) is 36.4 Å². The lowest BCUT2D eigenvalue weighted by atomic mass is 10.2. The van der Waals surface area contributed by atoms with Gasteiger partial charge in [0.2, 0.25) is 10.0 Å². The molecule has 0 bridgehead atoms. The van der Waals surface area contributed by atoms with E-state index >= 15 is 0 Å². The number of rotatable bonds is 6. The third-order valence-electron chi connectivity index (χ3n) is 3.01. The molecule has 0 aliphatic carbocycles. The number of alkyl halides is 1. The molecule has 0 aromatic heterocycles. The molecule has 0 saturated carbocycles. The summed E-state index contributed by atoms with van der Waals surface area (Å²) < 4.78 is 26.9. The number of sulfonamides is 1. The van der Waals surface area contributed by atoms with Crippen molar-refractivity contribution in [3.8, 4) is 0 Å². The quantitative estimate of drug-likeness (QED) is 0.766. The lowest BCUT2D eigenvalue weighted by molar-refractivity contribution is 0.581. The fraction of sp³-hybridized carbons (Fsp3) is 0.200. The fourth-order valence-electron chi connectivity index (χ4n) is 1.82. The smallest absolute Gasteiger partial charge is 0.211 e. The maximum absolute atomic E-state index is 12.1. The zero-order chi connectivity index (χ0) is 15.3. The van der Waals surface area contributed by atoms with Crippen molar-refractivity contribution < 1.29 is 8.42 Å². The monoisotopic (exact) mass is 387 g/mol. The Kier molecular flexibility index (Phi) is 5.81. The highest BCUT2D eigenvalue weighted by Gasteiger charge is 2.12. The van der Waals surface area contributed by atoms with Crippen LogP contribution in [0.1, 0.15) is 11.1 Å². The van der Waals surface area contributed by atoms with Gasteiger partial charge in [-0.15, -0.1) is 0 Å². The summed E-state index contributed by atoms with van der Waals surface area (Å²) in [6.07, 6.45) is 0.621. The van der Waals surface area contributed by atoms with Crippen molar-refractivity contribution in [2.75, 3.05) is 6.54 Å². The number of hydrogen-bond acceptors (Lipinski definition) is 2. The van der Waals surface area contributed by atoms with Crippen molar-refractivity contribution in [3.05, 3.63) is 64.7 Å². The van der Waals surface area contributed by atoms with Crippen LogP contribution in [0.25, 0.3) is 0 Å². The summed E-state index contributed by atoms with van der Waals surface area (Å²) in [6, 6.07) is 14.2. The second kappa shape index (κ2) is 7.40. The minimum Gasteiger partial charge on any atom is -0.211 e. The molecule has 0 atom stereocenters. The first-order valence-electron chi connectivity index (χ1n) is 6.40. The first-order chi connectivity index (χ1) is 10.0. The third-order valence-corrected chi connectivity index (χ3v) is 5.38. The van der Waals surface area contributed by atoms with Gasteiger partial charge in [-0.1, -0.05) is 51.8 Å². The molecular weight excluding hydrogens is 374 g/mol. The maximum Gasteiger partial charge on any atom is 0.240 e. The van der Waals surface area contributed by atoms with E-state index in [4.69, 9.17) is 11.6 Å². The van der Waals surface area contributed by atoms with Crippen molar-refractivity contribution >= 4 is 37.6 Å². The summed E-state index contributed by atoms with van der Waals surface area (Å²) in [5.41, 5.74) is 2.08. The number of benzene rings is 2. The molecule has 0 spiro atoms. The van der Waals surface area contributed by atoms with E-state index in [1.165, 1.54) is 0 Å². The first-order valence-corrected chi connectivity index (χ1v) is 9.38. The average molecular weight is 389 g/mol. The lowest BCUT2D eigenvalue weighted by Crippen LogP contribution is -2.26. The molecule has 2 aromatic rings. The highest BCUT2D eigenvalue weighted by molar-refractivity contribution is 9.08. The summed E-state index contributed by atoms with van der Waals surface area (Å²) >= 11 is 9.14. The van der Waals surface area contributed by atoms with E-state index in [0.717, 1.165) is 11.1 Å². The van der Waals surface area contributed by atoms with E-state index in [2.05, 4.69) is 20.7 Å². The molecule has 21 heavy (non-hydrogen) atoms. The zero-order valence-corrected chi connectivity index (χ0v) is 14.4. The number of hydrogen-bond donors (Lipinski definition) is 1. The Labute approximate surface area is 138 Å². The highest BCUT2D eigenvalue weighted by Crippen LogP contribution is 2.13. The van der Waals surface area contributed by atoms with Crippen LogP contribution in [-0.2, 0) is 21.8 Å². The van der Waals surface area contributed by atoms with Gasteiger partial charge in [-0.3, -0.25) is 0 Å². The van der Waals surface area contributed by atoms with Crippen molar-refractivity contribution in [2.45, 2.75) is 16.6 Å². The lowest BCUT2D eigenvalue weighted by Gasteiger charge is -2.07. The van der Waals surface area contributed by atoms with Crippen LogP contribution in [0, 0.1) is 0 Å². The normalized spacial score (nSPS) is 11.5. The average Bonchev–Trinajstić information content (AvgIpc) is 2.49. The molecular formula is C15H15BrClNO2S. The van der Waals surface area contributed by atoms with Crippen molar-refractivity contribution in [1.82, 2.24) is 4.72 Å². The van der Waals surface area contributed by atoms with E-state index in [0.29, 0.717) is 23.3 Å². The number of nitrogens with one attached hydrogen (secondary N) is 1. The fourth-order valence-corrected chi connectivity index (χ4v) is 3.35. The molecule has 0 unspecified atom stereocenters. The Morgan fingerprint density at radius 3 is 2.10 bits per heavy atom. The van der Waals surface area contributed by atoms with Gasteiger partial charge < -0.3 is 0 Å². The van der Waals surface area contributed by atoms with Gasteiger partial charge in [0.05, 0.1) is 4.90 Å². The molecule has 0 saturated heterocycles. The molecule has 112 valence electrons. The van der Waals surface area contributed by atoms with Crippen LogP contribution < -0.4 is 4.72 Å². The summed E-state index contributed by atoms with van der Waals surface area (Å²) in [7, 11) is -3.45. The SMILES string of the molecule is O=S(=O)(NCCc1ccc(Cl)cc1)c1ccc(CBr)cc1. The van der Waals surface area contributed by atoms with Crippen LogP contribution in [0.5, 0.6) is 0 Å². The third kappa shape index (κ3) is 4.81. The standard InChI is InChI=1S/C15H15BrClNO2S/c16-11-13-3-7-15(8-4-13)21(19,20)18-10-9-12-1-5-14(17)6-2-12/h1-8,18H,9-11H2. The molecule has 2 aromatic carbocycles. The number of halogens is 2. The summed E-state index contributed by atoms with van der Waals surface area (Å²) in [4.78, 5) is 0.281. The Balaban J connectivity index is 1.95. The van der Waals surface area contributed by atoms with E-state index in [1.807, 2.05) is 12.1 Å². The second-order valence-electron chi connectivity index (χ2n) is 4.55. The molecule has 0 aliphatic rings. The van der Waals surface area contributed by atoms with Crippen LogP contribution in [0.3, 0.4) is 0 Å². The largest absolute Gasteiger partial charge is 0.240 e. The van der Waals surface area contributed by atoms with Crippen LogP contribution in [0.4, 0.5) is 0 Å². The second-order valence-corrected chi connectivity index (χ2v) is 7.32. The van der Waals surface area contributed by atoms with Gasteiger partial charge in [-0.05, 0) is 41.8 Å². The Hall–Kier alpha value is -0.880. The summed E-state index contributed by atoms with van der Waals surface area (Å²) in [5.74, 6) is 0. The molecule has 1 N–H and O–H groups in total. The van der Waals surface area contributed by atoms with E-state index in [9.17, 15) is 8.42 Å². The van der Waals surface area contributed by atoms with Crippen LogP contribution in [0.2, 0.25) is 5.02 Å². The Morgan fingerprint density at radius 2 is 1.52 bits per heavy atom. The van der Waals surface area contributed by atoms with Crippen molar-refractivity contribution in [3.63, 3.8) is 0 Å². The van der Waals surface area contributed by atoms with Crippen LogP contribution >= 0.6 is 27.5 Å². The van der Waals surface area contributed by atoms with Gasteiger partial charge >= 0.3 is 0 Å². The van der Waals surface area contributed by atoms with Crippen LogP contribution in [-0.4, -0.2) is 15.0 Å². The minimum atomic E-state index is -3.45. The van der Waals surface area contributed by atoms with Gasteiger partial charge in [0.15, 0.2) is 0 Å². The molecule has 2 rings (SSSR count). The molecule has 0 amide bonds. The predicted octanol–water partition coefficient (Wildman–Crippen LogP) is 3.76. The molecule has 6 heteroatoms. The highest BCUT2D eigenvalue weighted by atomic mass is 79.9. The predicted molar refractivity (Wildman–Crippen MR) is 89.4 cm³/mol. The zero-order valence-electron chi connectivity index (χ0n) is 11.2. The molecule has 3 nitrogen and oxygen atoms in total. The Bertz CT molecular complexity index is 685. The summed E-state index contributed by atoms with van der Waals surface area (Å²) in [5, 5.41) is 1.38. The van der Waals surface area contributed by atoms with Gasteiger partial charge in [0.25, 0.3) is 0 Å². The molecule has 0 radical (unpaired) electrons. The topological polar surface area (TPSA) is 46.2 Å².